The molecule has 0 aliphatic carbocycles. The molecule has 1 saturated heterocycles. The highest BCUT2D eigenvalue weighted by Gasteiger charge is 2.16. The van der Waals surface area contributed by atoms with Crippen molar-refractivity contribution in [2.75, 3.05) is 13.1 Å². The zero-order valence-electron chi connectivity index (χ0n) is 10.7. The van der Waals surface area contributed by atoms with E-state index in [9.17, 15) is 10.1 Å². The first-order valence-corrected chi connectivity index (χ1v) is 6.72. The molecule has 0 N–H and O–H groups in total. The molecule has 1 aromatic rings. The molecule has 0 unspecified atom stereocenters. The second-order valence-corrected chi connectivity index (χ2v) is 4.93. The van der Waals surface area contributed by atoms with Gasteiger partial charge in [0.15, 0.2) is 0 Å². The van der Waals surface area contributed by atoms with E-state index in [4.69, 9.17) is 0 Å². The summed E-state index contributed by atoms with van der Waals surface area (Å²) in [6.45, 7) is 2.83. The Bertz CT molecular complexity index is 399. The number of likely N-dealkylation sites (tertiary alicyclic amines) is 1. The third-order valence-corrected chi connectivity index (χ3v) is 3.53. The molecule has 0 amide bonds. The fraction of sp³-hybridized carbons (Fsp3) is 0.571. The molecule has 0 aromatic heterocycles. The molecule has 0 radical (unpaired) electrons. The van der Waals surface area contributed by atoms with Gasteiger partial charge in [-0.1, -0.05) is 37.5 Å². The van der Waals surface area contributed by atoms with Gasteiger partial charge in [0, 0.05) is 18.2 Å². The highest BCUT2D eigenvalue weighted by atomic mass is 16.6. The van der Waals surface area contributed by atoms with Crippen LogP contribution in [0.4, 0.5) is 5.69 Å². The van der Waals surface area contributed by atoms with Crippen molar-refractivity contribution in [3.8, 4) is 0 Å². The van der Waals surface area contributed by atoms with Crippen molar-refractivity contribution in [3.05, 3.63) is 39.9 Å². The maximum atomic E-state index is 11.0. The summed E-state index contributed by atoms with van der Waals surface area (Å²) in [4.78, 5) is 13.0. The van der Waals surface area contributed by atoms with Crippen LogP contribution >= 0.6 is 0 Å². The molecule has 18 heavy (non-hydrogen) atoms. The van der Waals surface area contributed by atoms with Crippen molar-refractivity contribution in [2.45, 2.75) is 38.6 Å². The molecule has 2 rings (SSSR count). The Labute approximate surface area is 108 Å². The Kier molecular flexibility index (Phi) is 4.70. The van der Waals surface area contributed by atoms with Gasteiger partial charge in [0.2, 0.25) is 0 Å². The van der Waals surface area contributed by atoms with Crippen LogP contribution in [0.25, 0.3) is 0 Å². The molecular weight excluding hydrogens is 228 g/mol. The van der Waals surface area contributed by atoms with Crippen molar-refractivity contribution >= 4 is 5.69 Å². The van der Waals surface area contributed by atoms with E-state index < -0.39 is 0 Å². The summed E-state index contributed by atoms with van der Waals surface area (Å²) in [7, 11) is 0. The molecule has 4 heteroatoms. The average Bonchev–Trinajstić information content (AvgIpc) is 2.33. The largest absolute Gasteiger partial charge is 0.299 e. The Morgan fingerprint density at radius 1 is 1.06 bits per heavy atom. The predicted octanol–water partition coefficient (Wildman–Crippen LogP) is 3.36. The Morgan fingerprint density at radius 3 is 2.33 bits per heavy atom. The van der Waals surface area contributed by atoms with Gasteiger partial charge in [-0.3, -0.25) is 15.0 Å². The van der Waals surface area contributed by atoms with E-state index >= 15 is 0 Å². The van der Waals surface area contributed by atoms with Gasteiger partial charge in [-0.15, -0.1) is 0 Å². The number of hydrogen-bond donors (Lipinski definition) is 0. The maximum Gasteiger partial charge on any atom is 0.273 e. The quantitative estimate of drug-likeness (QED) is 0.608. The first-order chi connectivity index (χ1) is 8.77. The number of hydrogen-bond acceptors (Lipinski definition) is 3. The molecule has 1 heterocycles. The monoisotopic (exact) mass is 248 g/mol. The molecule has 4 nitrogen and oxygen atoms in total. The minimum atomic E-state index is -0.278. The molecule has 0 bridgehead atoms. The van der Waals surface area contributed by atoms with Crippen molar-refractivity contribution in [1.29, 1.82) is 0 Å². The van der Waals surface area contributed by atoms with Crippen LogP contribution < -0.4 is 0 Å². The summed E-state index contributed by atoms with van der Waals surface area (Å²) in [6, 6.07) is 7.08. The summed E-state index contributed by atoms with van der Waals surface area (Å²) in [5, 5.41) is 11.0. The number of nitro groups is 1. The van der Waals surface area contributed by atoms with Crippen molar-refractivity contribution < 1.29 is 4.92 Å². The Morgan fingerprint density at radius 2 is 1.67 bits per heavy atom. The Hall–Kier alpha value is -1.42. The van der Waals surface area contributed by atoms with Crippen LogP contribution in [-0.4, -0.2) is 22.9 Å². The van der Waals surface area contributed by atoms with Crippen LogP contribution in [0, 0.1) is 10.1 Å². The summed E-state index contributed by atoms with van der Waals surface area (Å²) < 4.78 is 0. The number of rotatable bonds is 3. The SMILES string of the molecule is O=[N+]([O-])c1ccccc1CN1CCCCCCC1. The summed E-state index contributed by atoms with van der Waals surface area (Å²) in [5.41, 5.74) is 1.09. The molecular formula is C14H20N2O2. The fourth-order valence-electron chi connectivity index (χ4n) is 2.53. The molecule has 0 saturated carbocycles. The van der Waals surface area contributed by atoms with Gasteiger partial charge in [0.05, 0.1) is 4.92 Å². The van der Waals surface area contributed by atoms with Crippen LogP contribution in [0.3, 0.4) is 0 Å². The van der Waals surface area contributed by atoms with Gasteiger partial charge in [0.1, 0.15) is 0 Å². The highest BCUT2D eigenvalue weighted by molar-refractivity contribution is 5.39. The minimum Gasteiger partial charge on any atom is -0.299 e. The van der Waals surface area contributed by atoms with Crippen LogP contribution in [0.2, 0.25) is 0 Å². The number of benzene rings is 1. The molecule has 0 atom stereocenters. The fourth-order valence-corrected chi connectivity index (χ4v) is 2.53. The second-order valence-electron chi connectivity index (χ2n) is 4.93. The molecule has 1 aromatic carbocycles. The molecule has 0 spiro atoms. The van der Waals surface area contributed by atoms with E-state index in [-0.39, 0.29) is 10.6 Å². The summed E-state index contributed by atoms with van der Waals surface area (Å²) in [5.74, 6) is 0. The van der Waals surface area contributed by atoms with Gasteiger partial charge in [0.25, 0.3) is 5.69 Å². The topological polar surface area (TPSA) is 46.4 Å². The van der Waals surface area contributed by atoms with Crippen LogP contribution in [0.1, 0.15) is 37.7 Å². The number of nitrogens with zero attached hydrogens (tertiary/aromatic N) is 2. The smallest absolute Gasteiger partial charge is 0.273 e. The third-order valence-electron chi connectivity index (χ3n) is 3.53. The lowest BCUT2D eigenvalue weighted by molar-refractivity contribution is -0.385. The summed E-state index contributed by atoms with van der Waals surface area (Å²) in [6.07, 6.45) is 6.32. The Balaban J connectivity index is 2.05. The van der Waals surface area contributed by atoms with Gasteiger partial charge < -0.3 is 0 Å². The maximum absolute atomic E-state index is 11.0. The van der Waals surface area contributed by atoms with E-state index in [1.807, 2.05) is 12.1 Å². The van der Waals surface area contributed by atoms with Gasteiger partial charge >= 0.3 is 0 Å². The normalized spacial score (nSPS) is 18.0. The second kappa shape index (κ2) is 6.50. The third kappa shape index (κ3) is 3.53. The first-order valence-electron chi connectivity index (χ1n) is 6.72. The minimum absolute atomic E-state index is 0.250. The predicted molar refractivity (Wildman–Crippen MR) is 71.5 cm³/mol. The molecule has 1 aliphatic heterocycles. The lowest BCUT2D eigenvalue weighted by atomic mass is 10.1. The van der Waals surface area contributed by atoms with Crippen molar-refractivity contribution in [3.63, 3.8) is 0 Å². The number of para-hydroxylation sites is 1. The van der Waals surface area contributed by atoms with Crippen LogP contribution in [-0.2, 0) is 6.54 Å². The molecule has 1 fully saturated rings. The highest BCUT2D eigenvalue weighted by Crippen LogP contribution is 2.21. The van der Waals surface area contributed by atoms with Gasteiger partial charge in [-0.05, 0) is 25.9 Å². The summed E-state index contributed by atoms with van der Waals surface area (Å²) >= 11 is 0. The van der Waals surface area contributed by atoms with E-state index in [0.29, 0.717) is 6.54 Å². The van der Waals surface area contributed by atoms with Gasteiger partial charge in [-0.25, -0.2) is 0 Å². The first kappa shape index (κ1) is 13.0. The van der Waals surface area contributed by atoms with Crippen molar-refractivity contribution in [1.82, 2.24) is 4.90 Å². The lowest BCUT2D eigenvalue weighted by Crippen LogP contribution is -2.27. The van der Waals surface area contributed by atoms with E-state index in [0.717, 1.165) is 18.7 Å². The zero-order chi connectivity index (χ0) is 12.8. The zero-order valence-corrected chi connectivity index (χ0v) is 10.7. The van der Waals surface area contributed by atoms with Gasteiger partial charge in [-0.2, -0.15) is 0 Å². The molecule has 98 valence electrons. The number of nitro benzene ring substituents is 1. The van der Waals surface area contributed by atoms with E-state index in [1.54, 1.807) is 12.1 Å². The van der Waals surface area contributed by atoms with E-state index in [2.05, 4.69) is 4.90 Å². The standard InChI is InChI=1S/C14H20N2O2/c17-16(18)14-9-5-4-8-13(14)12-15-10-6-2-1-3-7-11-15/h4-5,8-9H,1-3,6-7,10-12H2. The van der Waals surface area contributed by atoms with Crippen LogP contribution in [0.5, 0.6) is 0 Å². The van der Waals surface area contributed by atoms with Crippen molar-refractivity contribution in [2.24, 2.45) is 0 Å². The molecule has 1 aliphatic rings. The van der Waals surface area contributed by atoms with Crippen LogP contribution in [0.15, 0.2) is 24.3 Å². The lowest BCUT2D eigenvalue weighted by Gasteiger charge is -2.24. The van der Waals surface area contributed by atoms with E-state index in [1.165, 1.54) is 32.1 Å². The average molecular weight is 248 g/mol.